The van der Waals surface area contributed by atoms with Crippen molar-refractivity contribution in [3.05, 3.63) is 71.3 Å². The molecule has 5 nitrogen and oxygen atoms in total. The lowest BCUT2D eigenvalue weighted by Crippen LogP contribution is -2.31. The standard InChI is InChI=1S/C18H20F2NO4P/c1-3-24-26(23,25-4-2)18(14-10-6-8-12-16(14)20)21-17(22)13-9-5-7-11-15(13)19/h5-12,18H,3-4H2,1-2H3,(H,21,22). The highest BCUT2D eigenvalue weighted by Gasteiger charge is 2.40. The van der Waals surface area contributed by atoms with Crippen LogP contribution in [-0.4, -0.2) is 19.1 Å². The second-order valence-corrected chi connectivity index (χ2v) is 7.37. The summed E-state index contributed by atoms with van der Waals surface area (Å²) in [6.45, 7) is 3.25. The molecular formula is C18H20F2NO4P. The molecule has 0 bridgehead atoms. The Balaban J connectivity index is 2.47. The van der Waals surface area contributed by atoms with E-state index in [2.05, 4.69) is 5.32 Å². The van der Waals surface area contributed by atoms with Gasteiger partial charge in [0.1, 0.15) is 11.6 Å². The van der Waals surface area contributed by atoms with Crippen LogP contribution in [0.4, 0.5) is 8.78 Å². The minimum absolute atomic E-state index is 0.0256. The van der Waals surface area contributed by atoms with E-state index in [1.165, 1.54) is 42.5 Å². The zero-order chi connectivity index (χ0) is 19.2. The van der Waals surface area contributed by atoms with Gasteiger partial charge in [0.05, 0.1) is 18.8 Å². The van der Waals surface area contributed by atoms with Crippen molar-refractivity contribution >= 4 is 13.5 Å². The number of amides is 1. The largest absolute Gasteiger partial charge is 0.357 e. The first-order valence-corrected chi connectivity index (χ1v) is 9.72. The van der Waals surface area contributed by atoms with Crippen molar-refractivity contribution in [2.24, 2.45) is 0 Å². The van der Waals surface area contributed by atoms with E-state index in [4.69, 9.17) is 9.05 Å². The van der Waals surface area contributed by atoms with Crippen LogP contribution < -0.4 is 5.32 Å². The number of hydrogen-bond acceptors (Lipinski definition) is 4. The molecule has 0 aliphatic rings. The van der Waals surface area contributed by atoms with Crippen molar-refractivity contribution in [2.75, 3.05) is 13.2 Å². The third kappa shape index (κ3) is 4.55. The third-order valence-electron chi connectivity index (χ3n) is 3.52. The predicted octanol–water partition coefficient (Wildman–Crippen LogP) is 4.66. The van der Waals surface area contributed by atoms with Crippen LogP contribution in [0, 0.1) is 11.6 Å². The molecule has 1 N–H and O–H groups in total. The van der Waals surface area contributed by atoms with Gasteiger partial charge in [0.2, 0.25) is 0 Å². The van der Waals surface area contributed by atoms with E-state index in [0.29, 0.717) is 0 Å². The normalized spacial score (nSPS) is 12.6. The Kier molecular flexibility index (Phi) is 7.03. The van der Waals surface area contributed by atoms with Crippen molar-refractivity contribution < 1.29 is 27.2 Å². The number of carbonyl (C=O) groups excluding carboxylic acids is 1. The Morgan fingerprint density at radius 3 is 2.08 bits per heavy atom. The summed E-state index contributed by atoms with van der Waals surface area (Å²) in [4.78, 5) is 12.5. The molecule has 2 aromatic rings. The molecule has 0 fully saturated rings. The third-order valence-corrected chi connectivity index (χ3v) is 5.80. The predicted molar refractivity (Wildman–Crippen MR) is 93.9 cm³/mol. The number of rotatable bonds is 8. The second kappa shape index (κ2) is 9.03. The first kappa shape index (κ1) is 20.2. The fraction of sp³-hybridized carbons (Fsp3) is 0.278. The molecule has 0 aliphatic carbocycles. The van der Waals surface area contributed by atoms with Gasteiger partial charge < -0.3 is 14.4 Å². The molecule has 140 valence electrons. The number of halogens is 2. The number of hydrogen-bond donors (Lipinski definition) is 1. The molecule has 0 radical (unpaired) electrons. The number of nitrogens with one attached hydrogen (secondary N) is 1. The Bertz CT molecular complexity index is 805. The summed E-state index contributed by atoms with van der Waals surface area (Å²) in [7, 11) is -3.96. The van der Waals surface area contributed by atoms with Crippen molar-refractivity contribution in [3.63, 3.8) is 0 Å². The van der Waals surface area contributed by atoms with Crippen LogP contribution in [0.15, 0.2) is 48.5 Å². The van der Waals surface area contributed by atoms with E-state index >= 15 is 0 Å². The van der Waals surface area contributed by atoms with E-state index in [-0.39, 0.29) is 24.3 Å². The zero-order valence-corrected chi connectivity index (χ0v) is 15.3. The SMILES string of the molecule is CCOP(=O)(OCC)C(NC(=O)c1ccccc1F)c1ccccc1F. The molecule has 0 spiro atoms. The lowest BCUT2D eigenvalue weighted by atomic mass is 10.1. The van der Waals surface area contributed by atoms with Crippen LogP contribution in [0.25, 0.3) is 0 Å². The van der Waals surface area contributed by atoms with Gasteiger partial charge in [-0.15, -0.1) is 0 Å². The molecule has 0 saturated heterocycles. The van der Waals surface area contributed by atoms with E-state index in [9.17, 15) is 18.1 Å². The van der Waals surface area contributed by atoms with Crippen LogP contribution >= 0.6 is 7.60 Å². The van der Waals surface area contributed by atoms with Gasteiger partial charge >= 0.3 is 7.60 Å². The molecule has 8 heteroatoms. The summed E-state index contributed by atoms with van der Waals surface area (Å²) in [6, 6.07) is 10.8. The summed E-state index contributed by atoms with van der Waals surface area (Å²) < 4.78 is 52.0. The number of carbonyl (C=O) groups is 1. The van der Waals surface area contributed by atoms with Crippen LogP contribution in [0.5, 0.6) is 0 Å². The maximum absolute atomic E-state index is 14.3. The Morgan fingerprint density at radius 1 is 1.00 bits per heavy atom. The first-order chi connectivity index (χ1) is 12.4. The van der Waals surface area contributed by atoms with Gasteiger partial charge in [0.15, 0.2) is 5.78 Å². The molecule has 1 atom stereocenters. The van der Waals surface area contributed by atoms with Crippen LogP contribution in [0.1, 0.15) is 35.6 Å². The van der Waals surface area contributed by atoms with Crippen LogP contribution in [0.3, 0.4) is 0 Å². The lowest BCUT2D eigenvalue weighted by Gasteiger charge is -2.27. The van der Waals surface area contributed by atoms with Gasteiger partial charge in [-0.2, -0.15) is 0 Å². The second-order valence-electron chi connectivity index (χ2n) is 5.25. The summed E-state index contributed by atoms with van der Waals surface area (Å²) in [5.41, 5.74) is -0.323. The minimum Gasteiger partial charge on any atom is -0.334 e. The maximum Gasteiger partial charge on any atom is 0.357 e. The van der Waals surface area contributed by atoms with Gasteiger partial charge in [-0.05, 0) is 32.0 Å². The average Bonchev–Trinajstić information content (AvgIpc) is 2.61. The lowest BCUT2D eigenvalue weighted by molar-refractivity contribution is 0.0932. The molecule has 0 heterocycles. The molecule has 0 saturated carbocycles. The first-order valence-electron chi connectivity index (χ1n) is 8.11. The smallest absolute Gasteiger partial charge is 0.334 e. The van der Waals surface area contributed by atoms with Crippen LogP contribution in [-0.2, 0) is 13.6 Å². The zero-order valence-electron chi connectivity index (χ0n) is 14.4. The molecule has 0 aromatic heterocycles. The molecule has 2 rings (SSSR count). The molecule has 0 aliphatic heterocycles. The van der Waals surface area contributed by atoms with Crippen molar-refractivity contribution in [2.45, 2.75) is 19.6 Å². The van der Waals surface area contributed by atoms with Crippen molar-refractivity contribution in [3.8, 4) is 0 Å². The van der Waals surface area contributed by atoms with Crippen LogP contribution in [0.2, 0.25) is 0 Å². The van der Waals surface area contributed by atoms with Gasteiger partial charge in [-0.3, -0.25) is 9.36 Å². The van der Waals surface area contributed by atoms with Gasteiger partial charge in [0.25, 0.3) is 5.91 Å². The average molecular weight is 383 g/mol. The van der Waals surface area contributed by atoms with E-state index in [1.807, 2.05) is 0 Å². The Hall–Kier alpha value is -2.08. The van der Waals surface area contributed by atoms with Gasteiger partial charge in [-0.1, -0.05) is 30.3 Å². The molecule has 2 aromatic carbocycles. The fourth-order valence-electron chi connectivity index (χ4n) is 2.42. The highest BCUT2D eigenvalue weighted by atomic mass is 31.2. The Labute approximate surface area is 150 Å². The minimum atomic E-state index is -3.96. The van der Waals surface area contributed by atoms with E-state index in [0.717, 1.165) is 6.07 Å². The maximum atomic E-state index is 14.3. The number of benzene rings is 2. The summed E-state index contributed by atoms with van der Waals surface area (Å²) in [6.07, 6.45) is 0. The van der Waals surface area contributed by atoms with Gasteiger partial charge in [-0.25, -0.2) is 8.78 Å². The summed E-state index contributed by atoms with van der Waals surface area (Å²) >= 11 is 0. The monoisotopic (exact) mass is 383 g/mol. The molecule has 26 heavy (non-hydrogen) atoms. The van der Waals surface area contributed by atoms with E-state index < -0.39 is 30.9 Å². The van der Waals surface area contributed by atoms with E-state index in [1.54, 1.807) is 13.8 Å². The fourth-order valence-corrected chi connectivity index (χ4v) is 4.34. The van der Waals surface area contributed by atoms with Crippen molar-refractivity contribution in [1.82, 2.24) is 5.32 Å². The summed E-state index contributed by atoms with van der Waals surface area (Å²) in [5, 5.41) is 2.41. The summed E-state index contributed by atoms with van der Waals surface area (Å²) in [5.74, 6) is -3.71. The quantitative estimate of drug-likeness (QED) is 0.674. The molecular weight excluding hydrogens is 363 g/mol. The highest BCUT2D eigenvalue weighted by Crippen LogP contribution is 2.60. The molecule has 1 unspecified atom stereocenters. The van der Waals surface area contributed by atoms with Crippen molar-refractivity contribution in [1.29, 1.82) is 0 Å². The topological polar surface area (TPSA) is 64.6 Å². The highest BCUT2D eigenvalue weighted by molar-refractivity contribution is 7.54. The van der Waals surface area contributed by atoms with Gasteiger partial charge in [0, 0.05) is 5.56 Å². The molecule has 1 amide bonds. The Morgan fingerprint density at radius 2 is 1.54 bits per heavy atom.